The Hall–Kier alpha value is -3.00. The zero-order valence-corrected chi connectivity index (χ0v) is 17.0. The number of hydrogen-bond donors (Lipinski definition) is 4. The first-order chi connectivity index (χ1) is 13.7. The van der Waals surface area contributed by atoms with Gasteiger partial charge in [0.25, 0.3) is 5.91 Å². The minimum absolute atomic E-state index is 0.0648. The number of nitrogens with zero attached hydrogens (tertiary/aromatic N) is 2. The Morgan fingerprint density at radius 3 is 2.66 bits per heavy atom. The Morgan fingerprint density at radius 1 is 1.28 bits per heavy atom. The molecule has 0 radical (unpaired) electrons. The van der Waals surface area contributed by atoms with Crippen molar-refractivity contribution >= 4 is 22.5 Å². The number of aromatic amines is 1. The number of benzene rings is 1. The Morgan fingerprint density at radius 2 is 2.03 bits per heavy atom. The van der Waals surface area contributed by atoms with Crippen LogP contribution in [-0.2, 0) is 0 Å². The summed E-state index contributed by atoms with van der Waals surface area (Å²) in [7, 11) is 0. The molecule has 8 heteroatoms. The highest BCUT2D eigenvalue weighted by atomic mass is 19.1. The van der Waals surface area contributed by atoms with Gasteiger partial charge in [-0.3, -0.25) is 14.9 Å². The van der Waals surface area contributed by atoms with Gasteiger partial charge in [-0.2, -0.15) is 5.10 Å². The molecule has 7 nitrogen and oxygen atoms in total. The second-order valence-corrected chi connectivity index (χ2v) is 7.90. The van der Waals surface area contributed by atoms with Gasteiger partial charge in [-0.15, -0.1) is 0 Å². The number of pyridine rings is 1. The number of anilines is 1. The zero-order chi connectivity index (χ0) is 21.2. The van der Waals surface area contributed by atoms with Gasteiger partial charge in [0, 0.05) is 29.4 Å². The van der Waals surface area contributed by atoms with E-state index in [0.717, 1.165) is 22.0 Å². The quantitative estimate of drug-likeness (QED) is 0.488. The summed E-state index contributed by atoms with van der Waals surface area (Å²) in [5, 5.41) is 23.2. The van der Waals surface area contributed by atoms with Crippen molar-refractivity contribution < 1.29 is 14.3 Å². The van der Waals surface area contributed by atoms with Crippen LogP contribution < -0.4 is 10.6 Å². The number of nitrogens with one attached hydrogen (secondary N) is 3. The summed E-state index contributed by atoms with van der Waals surface area (Å²) in [5.41, 5.74) is 2.00. The van der Waals surface area contributed by atoms with E-state index in [4.69, 9.17) is 0 Å². The van der Waals surface area contributed by atoms with Crippen molar-refractivity contribution in [3.05, 3.63) is 42.4 Å². The Bertz CT molecular complexity index is 996. The van der Waals surface area contributed by atoms with Crippen molar-refractivity contribution in [2.24, 2.45) is 0 Å². The lowest BCUT2D eigenvalue weighted by Gasteiger charge is -2.23. The maximum Gasteiger partial charge on any atom is 0.255 e. The van der Waals surface area contributed by atoms with Gasteiger partial charge in [-0.1, -0.05) is 6.07 Å². The molecular formula is C21H26FN5O2. The number of hydrogen-bond acceptors (Lipinski definition) is 5. The number of alkyl halides is 1. The van der Waals surface area contributed by atoms with Crippen molar-refractivity contribution in [3.8, 4) is 11.1 Å². The van der Waals surface area contributed by atoms with Crippen LogP contribution in [-0.4, -0.2) is 50.6 Å². The van der Waals surface area contributed by atoms with Crippen LogP contribution in [0.3, 0.4) is 0 Å². The van der Waals surface area contributed by atoms with Gasteiger partial charge in [0.15, 0.2) is 0 Å². The van der Waals surface area contributed by atoms with Gasteiger partial charge in [-0.25, -0.2) is 4.39 Å². The number of H-pyrrole nitrogens is 1. The van der Waals surface area contributed by atoms with Gasteiger partial charge < -0.3 is 15.7 Å². The SMILES string of the molecule is CC(C)Nc1c(C(=O)NC[C@@H](F)C(C)(C)O)cnc2ccc(-c3cn[nH]c3)cc12. The standard InChI is InChI=1S/C21H26FN5O2/c1-12(2)27-19-15-7-13(14-8-25-26-9-14)5-6-17(15)23-10-16(19)20(28)24-11-18(22)21(3,4)29/h5-10,12,18,29H,11H2,1-4H3,(H,23,27)(H,24,28)(H,25,26)/t18-/m1/s1. The molecule has 0 aliphatic rings. The highest BCUT2D eigenvalue weighted by Crippen LogP contribution is 2.31. The van der Waals surface area contributed by atoms with E-state index in [9.17, 15) is 14.3 Å². The molecule has 2 heterocycles. The minimum Gasteiger partial charge on any atom is -0.387 e. The molecule has 4 N–H and O–H groups in total. The van der Waals surface area contributed by atoms with Crippen LogP contribution in [0, 0.1) is 0 Å². The average molecular weight is 399 g/mol. The third-order valence-electron chi connectivity index (χ3n) is 4.59. The summed E-state index contributed by atoms with van der Waals surface area (Å²) in [6, 6.07) is 5.84. The van der Waals surface area contributed by atoms with Crippen molar-refractivity contribution in [1.82, 2.24) is 20.5 Å². The fourth-order valence-corrected chi connectivity index (χ4v) is 2.92. The van der Waals surface area contributed by atoms with E-state index in [1.165, 1.54) is 20.0 Å². The molecule has 1 amide bonds. The Labute approximate surface area is 168 Å². The topological polar surface area (TPSA) is 103 Å². The normalized spacial score (nSPS) is 12.9. The molecule has 0 bridgehead atoms. The predicted molar refractivity (Wildman–Crippen MR) is 112 cm³/mol. The van der Waals surface area contributed by atoms with Crippen molar-refractivity contribution in [3.63, 3.8) is 0 Å². The van der Waals surface area contributed by atoms with Crippen LogP contribution in [0.15, 0.2) is 36.8 Å². The summed E-state index contributed by atoms with van der Waals surface area (Å²) in [6.07, 6.45) is 3.41. The number of halogens is 1. The lowest BCUT2D eigenvalue weighted by molar-refractivity contribution is -0.00177. The summed E-state index contributed by atoms with van der Waals surface area (Å²) in [6.45, 7) is 6.38. The second-order valence-electron chi connectivity index (χ2n) is 7.90. The van der Waals surface area contributed by atoms with E-state index >= 15 is 0 Å². The number of amides is 1. The minimum atomic E-state index is -1.59. The van der Waals surface area contributed by atoms with Crippen molar-refractivity contribution in [2.75, 3.05) is 11.9 Å². The monoisotopic (exact) mass is 399 g/mol. The molecule has 3 aromatic rings. The van der Waals surface area contributed by atoms with Gasteiger partial charge in [0.2, 0.25) is 0 Å². The number of carbonyl (C=O) groups excluding carboxylic acids is 1. The lowest BCUT2D eigenvalue weighted by Crippen LogP contribution is -2.42. The Balaban J connectivity index is 2.00. The number of fused-ring (bicyclic) bond motifs is 1. The van der Waals surface area contributed by atoms with E-state index in [-0.39, 0.29) is 12.6 Å². The molecule has 1 aromatic carbocycles. The molecule has 0 unspecified atom stereocenters. The number of carbonyl (C=O) groups is 1. The third-order valence-corrected chi connectivity index (χ3v) is 4.59. The molecule has 0 aliphatic heterocycles. The number of aliphatic hydroxyl groups is 1. The van der Waals surface area contributed by atoms with Crippen LogP contribution >= 0.6 is 0 Å². The van der Waals surface area contributed by atoms with Crippen LogP contribution in [0.2, 0.25) is 0 Å². The molecule has 3 rings (SSSR count). The highest BCUT2D eigenvalue weighted by Gasteiger charge is 2.27. The van der Waals surface area contributed by atoms with Crippen LogP contribution in [0.25, 0.3) is 22.0 Å². The maximum atomic E-state index is 14.1. The summed E-state index contributed by atoms with van der Waals surface area (Å²) in [4.78, 5) is 17.2. The zero-order valence-electron chi connectivity index (χ0n) is 17.0. The fourth-order valence-electron chi connectivity index (χ4n) is 2.92. The molecule has 1 atom stereocenters. The molecular weight excluding hydrogens is 373 g/mol. The molecule has 0 saturated heterocycles. The van der Waals surface area contributed by atoms with E-state index in [1.807, 2.05) is 32.0 Å². The van der Waals surface area contributed by atoms with Crippen molar-refractivity contribution in [1.29, 1.82) is 0 Å². The molecule has 154 valence electrons. The largest absolute Gasteiger partial charge is 0.387 e. The first-order valence-corrected chi connectivity index (χ1v) is 9.50. The van der Waals surface area contributed by atoms with Crippen molar-refractivity contribution in [2.45, 2.75) is 45.5 Å². The summed E-state index contributed by atoms with van der Waals surface area (Å²) in [5.74, 6) is -0.455. The maximum absolute atomic E-state index is 14.1. The van der Waals surface area contributed by atoms with E-state index < -0.39 is 17.7 Å². The van der Waals surface area contributed by atoms with Gasteiger partial charge >= 0.3 is 0 Å². The van der Waals surface area contributed by atoms with Crippen LogP contribution in [0.4, 0.5) is 10.1 Å². The van der Waals surface area contributed by atoms with E-state index in [1.54, 1.807) is 12.4 Å². The molecule has 0 saturated carbocycles. The Kier molecular flexibility index (Phi) is 5.83. The lowest BCUT2D eigenvalue weighted by atomic mass is 10.0. The first kappa shape index (κ1) is 20.7. The first-order valence-electron chi connectivity index (χ1n) is 9.50. The second kappa shape index (κ2) is 8.16. The number of aromatic nitrogens is 3. The molecule has 0 aliphatic carbocycles. The molecule has 2 aromatic heterocycles. The van der Waals surface area contributed by atoms with E-state index in [2.05, 4.69) is 25.8 Å². The van der Waals surface area contributed by atoms with Crippen LogP contribution in [0.1, 0.15) is 38.1 Å². The van der Waals surface area contributed by atoms with E-state index in [0.29, 0.717) is 11.3 Å². The van der Waals surface area contributed by atoms with Gasteiger partial charge in [0.05, 0.1) is 35.1 Å². The average Bonchev–Trinajstić information content (AvgIpc) is 3.19. The summed E-state index contributed by atoms with van der Waals surface area (Å²) < 4.78 is 14.1. The fraction of sp³-hybridized carbons (Fsp3) is 0.381. The molecule has 0 spiro atoms. The van der Waals surface area contributed by atoms with Gasteiger partial charge in [-0.05, 0) is 45.4 Å². The number of rotatable bonds is 7. The predicted octanol–water partition coefficient (Wildman–Crippen LogP) is 3.28. The smallest absolute Gasteiger partial charge is 0.255 e. The summed E-state index contributed by atoms with van der Waals surface area (Å²) >= 11 is 0. The molecule has 0 fully saturated rings. The highest BCUT2D eigenvalue weighted by molar-refractivity contribution is 6.07. The van der Waals surface area contributed by atoms with Crippen LogP contribution in [0.5, 0.6) is 0 Å². The van der Waals surface area contributed by atoms with Gasteiger partial charge in [0.1, 0.15) is 6.17 Å². The molecule has 29 heavy (non-hydrogen) atoms. The third kappa shape index (κ3) is 4.71.